The molecule has 4 rings (SSSR count). The summed E-state index contributed by atoms with van der Waals surface area (Å²) in [6.45, 7) is 2.25. The summed E-state index contributed by atoms with van der Waals surface area (Å²) < 4.78 is 3.20. The summed E-state index contributed by atoms with van der Waals surface area (Å²) in [5.41, 5.74) is 3.72. The van der Waals surface area contributed by atoms with Crippen LogP contribution >= 0.6 is 35.3 Å². The lowest BCUT2D eigenvalue weighted by molar-refractivity contribution is 0.756. The molecule has 0 saturated carbocycles. The fourth-order valence-corrected chi connectivity index (χ4v) is 4.40. The lowest BCUT2D eigenvalue weighted by atomic mass is 10.2. The standard InChI is InChI=1S/C19H23N9S3/c1-13(31(2,3)4)26(14-7-5-9-16(11-14)27-18(29)20-22-24-27)15-8-6-10-17(12-15)28-19(30)21-23-25-28/h5-13H,1-4H3,(H,20,24,29)(H,21,25,30). The van der Waals surface area contributed by atoms with Crippen LogP contribution in [0.5, 0.6) is 0 Å². The molecule has 4 aromatic rings. The van der Waals surface area contributed by atoms with Crippen molar-refractivity contribution in [1.29, 1.82) is 0 Å². The van der Waals surface area contributed by atoms with Gasteiger partial charge >= 0.3 is 0 Å². The van der Waals surface area contributed by atoms with E-state index in [4.69, 9.17) is 0 Å². The van der Waals surface area contributed by atoms with Crippen LogP contribution in [0.3, 0.4) is 0 Å². The molecular formula is C19H23N9S3. The number of benzene rings is 2. The summed E-state index contributed by atoms with van der Waals surface area (Å²) in [6, 6.07) is 16.2. The van der Waals surface area contributed by atoms with Gasteiger partial charge in [-0.15, -0.1) is 35.5 Å². The fraction of sp³-hybridized carbons (Fsp3) is 0.263. The molecule has 0 N–H and O–H groups in total. The molecule has 31 heavy (non-hydrogen) atoms. The minimum atomic E-state index is -0.946. The predicted octanol–water partition coefficient (Wildman–Crippen LogP) is 3.39. The Bertz CT molecular complexity index is 1110. The van der Waals surface area contributed by atoms with Crippen molar-refractivity contribution in [2.24, 2.45) is 0 Å². The van der Waals surface area contributed by atoms with Gasteiger partial charge in [-0.05, 0) is 82.9 Å². The highest BCUT2D eigenvalue weighted by molar-refractivity contribution is 8.32. The number of thiol groups is 2. The van der Waals surface area contributed by atoms with Crippen LogP contribution in [0.2, 0.25) is 0 Å². The highest BCUT2D eigenvalue weighted by Crippen LogP contribution is 2.47. The van der Waals surface area contributed by atoms with E-state index >= 15 is 0 Å². The van der Waals surface area contributed by atoms with Crippen molar-refractivity contribution in [1.82, 2.24) is 40.4 Å². The monoisotopic (exact) mass is 473 g/mol. The number of aromatic nitrogens is 8. The summed E-state index contributed by atoms with van der Waals surface area (Å²) in [7, 11) is -0.946. The minimum Gasteiger partial charge on any atom is -0.331 e. The second-order valence-corrected chi connectivity index (χ2v) is 13.1. The Hall–Kier alpha value is -2.57. The Balaban J connectivity index is 1.84. The van der Waals surface area contributed by atoms with E-state index in [0.29, 0.717) is 10.3 Å². The van der Waals surface area contributed by atoms with Crippen molar-refractivity contribution in [3.05, 3.63) is 48.5 Å². The number of anilines is 2. The molecule has 2 aromatic heterocycles. The van der Waals surface area contributed by atoms with Crippen LogP contribution in [0.15, 0.2) is 58.8 Å². The van der Waals surface area contributed by atoms with Crippen LogP contribution in [0.25, 0.3) is 11.4 Å². The average molecular weight is 474 g/mol. The summed E-state index contributed by atoms with van der Waals surface area (Å²) >= 11 is 8.70. The maximum atomic E-state index is 4.35. The SMILES string of the molecule is CC(N(c1cccc(-n2nnnc2S)c1)c1cccc(-n2nnnc2S)c1)S(C)(C)C. The molecule has 2 aromatic carbocycles. The third-order valence-corrected chi connectivity index (χ3v) is 7.81. The molecular weight excluding hydrogens is 450 g/mol. The number of rotatable bonds is 6. The van der Waals surface area contributed by atoms with Crippen molar-refractivity contribution in [2.75, 3.05) is 23.7 Å². The maximum absolute atomic E-state index is 4.35. The van der Waals surface area contributed by atoms with E-state index in [1.165, 1.54) is 0 Å². The van der Waals surface area contributed by atoms with Gasteiger partial charge in [-0.3, -0.25) is 0 Å². The summed E-state index contributed by atoms with van der Waals surface area (Å²) in [4.78, 5) is 2.33. The third-order valence-electron chi connectivity index (χ3n) is 5.00. The molecule has 0 aliphatic rings. The second-order valence-electron chi connectivity index (χ2n) is 7.72. The highest BCUT2D eigenvalue weighted by Gasteiger charge is 2.25. The second kappa shape index (κ2) is 8.52. The van der Waals surface area contributed by atoms with Crippen LogP contribution in [0.1, 0.15) is 6.92 Å². The van der Waals surface area contributed by atoms with Gasteiger partial charge in [0, 0.05) is 11.4 Å². The maximum Gasteiger partial charge on any atom is 0.211 e. The molecule has 0 saturated heterocycles. The fourth-order valence-electron chi connectivity index (χ4n) is 3.13. The first-order chi connectivity index (χ1) is 14.8. The molecule has 0 amide bonds. The topological polar surface area (TPSA) is 90.4 Å². The van der Waals surface area contributed by atoms with Crippen LogP contribution < -0.4 is 4.90 Å². The van der Waals surface area contributed by atoms with E-state index in [9.17, 15) is 0 Å². The molecule has 0 spiro atoms. The van der Waals surface area contributed by atoms with Crippen LogP contribution in [-0.4, -0.2) is 64.6 Å². The molecule has 12 heteroatoms. The normalized spacial score (nSPS) is 13.2. The van der Waals surface area contributed by atoms with Crippen molar-refractivity contribution in [3.63, 3.8) is 0 Å². The van der Waals surface area contributed by atoms with Crippen molar-refractivity contribution in [3.8, 4) is 11.4 Å². The van der Waals surface area contributed by atoms with E-state index in [0.717, 1.165) is 22.7 Å². The molecule has 1 atom stereocenters. The van der Waals surface area contributed by atoms with Crippen LogP contribution in [0.4, 0.5) is 11.4 Å². The quantitative estimate of drug-likeness (QED) is 0.415. The summed E-state index contributed by atoms with van der Waals surface area (Å²) in [5.74, 6) is 0. The number of hydrogen-bond donors (Lipinski definition) is 2. The minimum absolute atomic E-state index is 0.242. The Morgan fingerprint density at radius 1 is 0.806 bits per heavy atom. The molecule has 0 fully saturated rings. The zero-order valence-electron chi connectivity index (χ0n) is 17.5. The van der Waals surface area contributed by atoms with Crippen molar-refractivity contribution in [2.45, 2.75) is 22.6 Å². The van der Waals surface area contributed by atoms with E-state index < -0.39 is 10.0 Å². The van der Waals surface area contributed by atoms with E-state index in [2.05, 4.69) is 111 Å². The highest BCUT2D eigenvalue weighted by atomic mass is 32.3. The Kier molecular flexibility index (Phi) is 5.95. The van der Waals surface area contributed by atoms with Gasteiger partial charge in [0.05, 0.1) is 16.7 Å². The predicted molar refractivity (Wildman–Crippen MR) is 130 cm³/mol. The van der Waals surface area contributed by atoms with E-state index in [1.54, 1.807) is 9.36 Å². The number of nitrogens with zero attached hydrogens (tertiary/aromatic N) is 9. The van der Waals surface area contributed by atoms with E-state index in [1.807, 2.05) is 24.3 Å². The summed E-state index contributed by atoms with van der Waals surface area (Å²) in [5, 5.41) is 24.3. The van der Waals surface area contributed by atoms with Gasteiger partial charge in [0.2, 0.25) is 10.3 Å². The Labute approximate surface area is 193 Å². The largest absolute Gasteiger partial charge is 0.331 e. The Morgan fingerprint density at radius 3 is 1.61 bits per heavy atom. The van der Waals surface area contributed by atoms with Gasteiger partial charge in [0.25, 0.3) is 0 Å². The average Bonchev–Trinajstić information content (AvgIpc) is 3.36. The Morgan fingerprint density at radius 2 is 1.26 bits per heavy atom. The molecule has 9 nitrogen and oxygen atoms in total. The molecule has 0 radical (unpaired) electrons. The summed E-state index contributed by atoms with van der Waals surface area (Å²) in [6.07, 6.45) is 6.91. The van der Waals surface area contributed by atoms with Gasteiger partial charge in [-0.1, -0.05) is 12.1 Å². The van der Waals surface area contributed by atoms with Crippen LogP contribution in [0, 0.1) is 0 Å². The lowest BCUT2D eigenvalue weighted by Gasteiger charge is -2.43. The van der Waals surface area contributed by atoms with Crippen molar-refractivity contribution >= 4 is 46.7 Å². The van der Waals surface area contributed by atoms with Gasteiger partial charge in [0.1, 0.15) is 0 Å². The zero-order valence-corrected chi connectivity index (χ0v) is 20.1. The third kappa shape index (κ3) is 4.41. The first kappa shape index (κ1) is 21.7. The first-order valence-electron chi connectivity index (χ1n) is 9.37. The molecule has 0 aliphatic heterocycles. The van der Waals surface area contributed by atoms with Gasteiger partial charge in [-0.25, -0.2) is 10.0 Å². The van der Waals surface area contributed by atoms with Gasteiger partial charge in [-0.2, -0.15) is 9.36 Å². The molecule has 162 valence electrons. The van der Waals surface area contributed by atoms with Gasteiger partial charge < -0.3 is 4.90 Å². The number of hydrogen-bond acceptors (Lipinski definition) is 9. The van der Waals surface area contributed by atoms with E-state index in [-0.39, 0.29) is 5.37 Å². The number of tetrazole rings is 2. The zero-order chi connectivity index (χ0) is 22.2. The molecule has 2 heterocycles. The first-order valence-corrected chi connectivity index (χ1v) is 13.2. The van der Waals surface area contributed by atoms with Crippen LogP contribution in [-0.2, 0) is 0 Å². The van der Waals surface area contributed by atoms with Crippen molar-refractivity contribution < 1.29 is 0 Å². The smallest absolute Gasteiger partial charge is 0.211 e. The molecule has 1 unspecified atom stereocenters. The molecule has 0 aliphatic carbocycles. The van der Waals surface area contributed by atoms with Gasteiger partial charge in [0.15, 0.2) is 0 Å². The lowest BCUT2D eigenvalue weighted by Crippen LogP contribution is -2.32. The molecule has 0 bridgehead atoms.